The lowest BCUT2D eigenvalue weighted by atomic mass is 9.48. The summed E-state index contributed by atoms with van der Waals surface area (Å²) in [6.07, 6.45) is 16.9. The quantitative estimate of drug-likeness (QED) is 0.163. The SMILES string of the molecule is N#Cc1cccc(-c2ccc(-c3nc(-c4ccc(C56C[C@H]7C[C@H](C5)C[C@@H](C6)C7)cc4)nc(-c4ccc(C56C[C@H]7C[C@H](C5)C[C@@H](C6)C7)cc4)n3)c(-c3ccccc3)c2)c1. The van der Waals surface area contributed by atoms with Crippen molar-refractivity contribution < 1.29 is 0 Å². The number of hydrogen-bond acceptors (Lipinski definition) is 4. The van der Waals surface area contributed by atoms with Crippen molar-refractivity contribution in [2.75, 3.05) is 0 Å². The van der Waals surface area contributed by atoms with Crippen molar-refractivity contribution in [2.45, 2.75) is 87.9 Å². The van der Waals surface area contributed by atoms with E-state index in [1.165, 1.54) is 88.2 Å². The van der Waals surface area contributed by atoms with Gasteiger partial charge in [0.2, 0.25) is 0 Å². The van der Waals surface area contributed by atoms with Crippen molar-refractivity contribution in [2.24, 2.45) is 35.5 Å². The van der Waals surface area contributed by atoms with Gasteiger partial charge in [0.25, 0.3) is 0 Å². The Morgan fingerprint density at radius 3 is 1.31 bits per heavy atom. The Morgan fingerprint density at radius 1 is 0.397 bits per heavy atom. The molecule has 1 aromatic heterocycles. The Bertz CT molecular complexity index is 2400. The molecule has 8 aliphatic carbocycles. The van der Waals surface area contributed by atoms with E-state index < -0.39 is 0 Å². The molecule has 0 aliphatic heterocycles. The number of benzene rings is 5. The van der Waals surface area contributed by atoms with E-state index in [1.54, 1.807) is 0 Å². The molecule has 1 heterocycles. The maximum Gasteiger partial charge on any atom is 0.164 e. The molecule has 8 saturated carbocycles. The molecule has 6 aromatic rings. The van der Waals surface area contributed by atoms with Crippen LogP contribution in [0.25, 0.3) is 56.4 Å². The summed E-state index contributed by atoms with van der Waals surface area (Å²) >= 11 is 0. The average molecular weight is 755 g/mol. The number of nitrogens with zero attached hydrogens (tertiary/aromatic N) is 4. The average Bonchev–Trinajstić information content (AvgIpc) is 3.25. The second-order valence-corrected chi connectivity index (χ2v) is 19.7. The first-order chi connectivity index (χ1) is 28.5. The molecule has 8 aliphatic rings. The second-order valence-electron chi connectivity index (χ2n) is 19.7. The second kappa shape index (κ2) is 13.3. The van der Waals surface area contributed by atoms with Crippen LogP contribution >= 0.6 is 0 Å². The summed E-state index contributed by atoms with van der Waals surface area (Å²) in [5.74, 6) is 7.57. The monoisotopic (exact) mass is 754 g/mol. The van der Waals surface area contributed by atoms with E-state index in [4.69, 9.17) is 15.0 Å². The molecule has 0 atom stereocenters. The van der Waals surface area contributed by atoms with Gasteiger partial charge in [-0.3, -0.25) is 0 Å². The van der Waals surface area contributed by atoms with Crippen molar-refractivity contribution in [3.8, 4) is 62.5 Å². The van der Waals surface area contributed by atoms with E-state index in [2.05, 4.69) is 109 Å². The fourth-order valence-corrected chi connectivity index (χ4v) is 14.2. The predicted octanol–water partition coefficient (Wildman–Crippen LogP) is 13.0. The lowest BCUT2D eigenvalue weighted by Crippen LogP contribution is -2.48. The third kappa shape index (κ3) is 5.87. The van der Waals surface area contributed by atoms with E-state index in [0.29, 0.717) is 33.9 Å². The lowest BCUT2D eigenvalue weighted by Gasteiger charge is -2.57. The van der Waals surface area contributed by atoms with Crippen LogP contribution in [0.3, 0.4) is 0 Å². The van der Waals surface area contributed by atoms with Gasteiger partial charge in [-0.1, -0.05) is 97.1 Å². The van der Waals surface area contributed by atoms with Crippen LogP contribution in [0.1, 0.15) is 93.7 Å². The normalized spacial score (nSPS) is 30.1. The molecule has 0 spiro atoms. The highest BCUT2D eigenvalue weighted by Gasteiger charge is 2.52. The standard InChI is InChI=1S/C54H50N4/c55-33-34-5-4-8-44(25-34)45-13-18-48(49(26-45)41-6-2-1-3-7-41)52-57-50(42-9-14-46(15-10-42)53-27-35-19-36(28-53)21-37(20-35)29-53)56-51(58-52)43-11-16-47(17-12-43)54-30-38-22-39(31-54)24-40(23-38)32-54/h1-18,25-26,35-40H,19-24,27-32H2/t35-,36-,37-,38-,39-,40-,53?,54?. The van der Waals surface area contributed by atoms with Crippen molar-refractivity contribution in [1.82, 2.24) is 15.0 Å². The van der Waals surface area contributed by atoms with E-state index in [9.17, 15) is 5.26 Å². The summed E-state index contributed by atoms with van der Waals surface area (Å²) in [6, 6.07) is 46.0. The molecule has 4 nitrogen and oxygen atoms in total. The van der Waals surface area contributed by atoms with Gasteiger partial charge in [-0.2, -0.15) is 5.26 Å². The lowest BCUT2D eigenvalue weighted by molar-refractivity contribution is -0.00530. The van der Waals surface area contributed by atoms with Crippen LogP contribution in [0.15, 0.2) is 121 Å². The van der Waals surface area contributed by atoms with Gasteiger partial charge in [0.1, 0.15) is 0 Å². The Kier molecular flexibility index (Phi) is 7.95. The predicted molar refractivity (Wildman–Crippen MR) is 231 cm³/mol. The summed E-state index contributed by atoms with van der Waals surface area (Å²) < 4.78 is 0. The number of nitriles is 1. The highest BCUT2D eigenvalue weighted by atomic mass is 15.0. The smallest absolute Gasteiger partial charge is 0.164 e. The molecule has 0 saturated heterocycles. The number of hydrogen-bond donors (Lipinski definition) is 0. The van der Waals surface area contributed by atoms with Gasteiger partial charge >= 0.3 is 0 Å². The van der Waals surface area contributed by atoms with Crippen LogP contribution in [0.4, 0.5) is 0 Å². The van der Waals surface area contributed by atoms with E-state index in [1.807, 2.05) is 18.2 Å². The maximum atomic E-state index is 9.67. The fraction of sp³-hybridized carbons (Fsp3) is 0.370. The van der Waals surface area contributed by atoms with Crippen LogP contribution in [-0.4, -0.2) is 15.0 Å². The minimum absolute atomic E-state index is 0.347. The van der Waals surface area contributed by atoms with E-state index in [0.717, 1.165) is 74.5 Å². The van der Waals surface area contributed by atoms with Gasteiger partial charge in [0, 0.05) is 16.7 Å². The Morgan fingerprint density at radius 2 is 0.828 bits per heavy atom. The first kappa shape index (κ1) is 34.6. The van der Waals surface area contributed by atoms with Gasteiger partial charge in [-0.15, -0.1) is 0 Å². The molecule has 8 fully saturated rings. The van der Waals surface area contributed by atoms with Crippen LogP contribution in [0.2, 0.25) is 0 Å². The molecular weight excluding hydrogens is 705 g/mol. The van der Waals surface area contributed by atoms with Crippen LogP contribution in [-0.2, 0) is 10.8 Å². The molecule has 0 amide bonds. The molecule has 4 heteroatoms. The summed E-state index contributed by atoms with van der Waals surface area (Å²) in [5, 5.41) is 9.67. The third-order valence-electron chi connectivity index (χ3n) is 15.9. The molecule has 8 bridgehead atoms. The summed E-state index contributed by atoms with van der Waals surface area (Å²) in [4.78, 5) is 15.9. The largest absolute Gasteiger partial charge is 0.208 e. The molecule has 0 unspecified atom stereocenters. The minimum Gasteiger partial charge on any atom is -0.208 e. The molecule has 0 radical (unpaired) electrons. The van der Waals surface area contributed by atoms with Gasteiger partial charge < -0.3 is 0 Å². The first-order valence-corrected chi connectivity index (χ1v) is 22.1. The van der Waals surface area contributed by atoms with Crippen LogP contribution < -0.4 is 0 Å². The van der Waals surface area contributed by atoms with Gasteiger partial charge in [-0.05, 0) is 181 Å². The van der Waals surface area contributed by atoms with Gasteiger partial charge in [0.15, 0.2) is 17.5 Å². The van der Waals surface area contributed by atoms with Crippen molar-refractivity contribution in [3.63, 3.8) is 0 Å². The molecule has 58 heavy (non-hydrogen) atoms. The van der Waals surface area contributed by atoms with Crippen molar-refractivity contribution in [1.29, 1.82) is 5.26 Å². The van der Waals surface area contributed by atoms with Crippen LogP contribution in [0, 0.1) is 46.8 Å². The van der Waals surface area contributed by atoms with Gasteiger partial charge in [-0.25, -0.2) is 15.0 Å². The maximum absolute atomic E-state index is 9.67. The van der Waals surface area contributed by atoms with Gasteiger partial charge in [0.05, 0.1) is 11.6 Å². The Hall–Kier alpha value is -5.40. The van der Waals surface area contributed by atoms with Crippen molar-refractivity contribution in [3.05, 3.63) is 138 Å². The minimum atomic E-state index is 0.347. The number of rotatable bonds is 7. The fourth-order valence-electron chi connectivity index (χ4n) is 14.2. The third-order valence-corrected chi connectivity index (χ3v) is 15.9. The zero-order chi connectivity index (χ0) is 38.4. The van der Waals surface area contributed by atoms with E-state index in [-0.39, 0.29) is 0 Å². The molecule has 286 valence electrons. The highest BCUT2D eigenvalue weighted by Crippen LogP contribution is 2.62. The summed E-state index contributed by atoms with van der Waals surface area (Å²) in [5.41, 5.74) is 11.6. The molecule has 5 aromatic carbocycles. The molecular formula is C54H50N4. The summed E-state index contributed by atoms with van der Waals surface area (Å²) in [7, 11) is 0. The Balaban J connectivity index is 0.967. The topological polar surface area (TPSA) is 62.5 Å². The zero-order valence-electron chi connectivity index (χ0n) is 33.3. The molecule has 14 rings (SSSR count). The number of aromatic nitrogens is 3. The van der Waals surface area contributed by atoms with E-state index >= 15 is 0 Å². The summed E-state index contributed by atoms with van der Waals surface area (Å²) in [6.45, 7) is 0. The molecule has 0 N–H and O–H groups in total. The highest BCUT2D eigenvalue weighted by molar-refractivity contribution is 5.86. The first-order valence-electron chi connectivity index (χ1n) is 22.1. The van der Waals surface area contributed by atoms with Crippen LogP contribution in [0.5, 0.6) is 0 Å². The Labute approximate surface area is 342 Å². The zero-order valence-corrected chi connectivity index (χ0v) is 33.3. The van der Waals surface area contributed by atoms with Crippen molar-refractivity contribution >= 4 is 0 Å².